The molecule has 0 fully saturated rings. The van der Waals surface area contributed by atoms with Gasteiger partial charge >= 0.3 is 0 Å². The fraction of sp³-hybridized carbons (Fsp3) is 0.273. The van der Waals surface area contributed by atoms with E-state index in [1.54, 1.807) is 36.6 Å². The molecule has 1 amide bonds. The molecule has 0 aliphatic heterocycles. The lowest BCUT2D eigenvalue weighted by atomic mass is 10.2. The first-order valence-electron chi connectivity index (χ1n) is 9.35. The van der Waals surface area contributed by atoms with E-state index in [2.05, 4.69) is 39.7 Å². The van der Waals surface area contributed by atoms with Crippen molar-refractivity contribution in [3.8, 4) is 17.2 Å². The summed E-state index contributed by atoms with van der Waals surface area (Å²) < 4.78 is 17.7. The molecule has 1 N–H and O–H groups in total. The fourth-order valence-electron chi connectivity index (χ4n) is 2.36. The number of benzene rings is 2. The van der Waals surface area contributed by atoms with Crippen molar-refractivity contribution in [3.63, 3.8) is 0 Å². The van der Waals surface area contributed by atoms with Crippen LogP contribution in [-0.2, 0) is 0 Å². The summed E-state index contributed by atoms with van der Waals surface area (Å²) in [5.41, 5.74) is 3.82. The van der Waals surface area contributed by atoms with Gasteiger partial charge in [-0.05, 0) is 77.9 Å². The molecule has 2 aromatic carbocycles. The Kier molecular flexibility index (Phi) is 9.49. The highest BCUT2D eigenvalue weighted by Gasteiger charge is 2.11. The van der Waals surface area contributed by atoms with E-state index in [9.17, 15) is 4.79 Å². The number of ether oxygens (including phenoxy) is 3. The molecule has 0 bridgehead atoms. The largest absolute Gasteiger partial charge is 0.494 e. The van der Waals surface area contributed by atoms with E-state index < -0.39 is 0 Å². The van der Waals surface area contributed by atoms with Gasteiger partial charge in [0.1, 0.15) is 12.4 Å². The number of carbonyl (C=O) groups excluding carboxylic acids is 1. The number of rotatable bonds is 11. The lowest BCUT2D eigenvalue weighted by Gasteiger charge is -2.13. The number of amides is 1. The van der Waals surface area contributed by atoms with Crippen molar-refractivity contribution in [2.75, 3.05) is 19.8 Å². The van der Waals surface area contributed by atoms with Gasteiger partial charge in [0.25, 0.3) is 5.91 Å². The first-order valence-corrected chi connectivity index (χ1v) is 10.4. The Morgan fingerprint density at radius 2 is 1.93 bits per heavy atom. The molecule has 2 rings (SSSR count). The zero-order chi connectivity index (χ0) is 21.1. The van der Waals surface area contributed by atoms with E-state index in [-0.39, 0.29) is 5.91 Å². The molecule has 7 heteroatoms. The number of nitrogens with zero attached hydrogens (tertiary/aromatic N) is 1. The zero-order valence-electron chi connectivity index (χ0n) is 16.6. The number of hydrazone groups is 1. The van der Waals surface area contributed by atoms with Gasteiger partial charge in [0.05, 0.1) is 23.0 Å². The van der Waals surface area contributed by atoms with Crippen molar-refractivity contribution < 1.29 is 19.0 Å². The van der Waals surface area contributed by atoms with Gasteiger partial charge in [0, 0.05) is 5.56 Å². The molecule has 0 aromatic heterocycles. The standard InChI is InChI=1S/C22H25IN2O4/c1-4-11-28-18-9-7-17(8-10-18)22(26)25-24-15-16-13-19(23)21(29-12-5-2)20(14-16)27-6-3/h5,7-10,13-15H,2,4,6,11-12H2,1,3H3,(H,25,26)/b24-15+. The van der Waals surface area contributed by atoms with Gasteiger partial charge in [-0.15, -0.1) is 0 Å². The van der Waals surface area contributed by atoms with Crippen molar-refractivity contribution in [1.29, 1.82) is 0 Å². The summed E-state index contributed by atoms with van der Waals surface area (Å²) in [6.07, 6.45) is 4.18. The second-order valence-corrected chi connectivity index (χ2v) is 7.10. The predicted molar refractivity (Wildman–Crippen MR) is 123 cm³/mol. The lowest BCUT2D eigenvalue weighted by Crippen LogP contribution is -2.17. The number of hydrogen-bond acceptors (Lipinski definition) is 5. The second kappa shape index (κ2) is 12.1. The summed E-state index contributed by atoms with van der Waals surface area (Å²) in [5.74, 6) is 1.73. The summed E-state index contributed by atoms with van der Waals surface area (Å²) in [5, 5.41) is 4.05. The van der Waals surface area contributed by atoms with Crippen LogP contribution in [0.3, 0.4) is 0 Å². The van der Waals surface area contributed by atoms with Crippen molar-refractivity contribution in [3.05, 3.63) is 63.8 Å². The number of nitrogens with one attached hydrogen (secondary N) is 1. The summed E-state index contributed by atoms with van der Waals surface area (Å²) in [6, 6.07) is 10.7. The Hall–Kier alpha value is -2.55. The van der Waals surface area contributed by atoms with Crippen LogP contribution in [0.4, 0.5) is 0 Å². The number of hydrogen-bond donors (Lipinski definition) is 1. The molecule has 29 heavy (non-hydrogen) atoms. The molecule has 0 radical (unpaired) electrons. The van der Waals surface area contributed by atoms with Crippen LogP contribution in [0.15, 0.2) is 54.2 Å². The second-order valence-electron chi connectivity index (χ2n) is 5.93. The van der Waals surface area contributed by atoms with Crippen molar-refractivity contribution in [2.24, 2.45) is 5.10 Å². The molecule has 0 atom stereocenters. The molecule has 0 spiro atoms. The average Bonchev–Trinajstić information content (AvgIpc) is 2.72. The van der Waals surface area contributed by atoms with Crippen LogP contribution in [0.1, 0.15) is 36.2 Å². The number of carbonyl (C=O) groups is 1. The molecule has 6 nitrogen and oxygen atoms in total. The molecule has 0 aliphatic rings. The van der Waals surface area contributed by atoms with E-state index in [1.807, 2.05) is 26.0 Å². The maximum absolute atomic E-state index is 12.2. The van der Waals surface area contributed by atoms with Gasteiger partial charge in [-0.3, -0.25) is 4.79 Å². The monoisotopic (exact) mass is 508 g/mol. The van der Waals surface area contributed by atoms with Gasteiger partial charge in [0.2, 0.25) is 0 Å². The Balaban J connectivity index is 2.05. The molecule has 0 heterocycles. The predicted octanol–water partition coefficient (Wildman–Crippen LogP) is 4.81. The summed E-state index contributed by atoms with van der Waals surface area (Å²) in [6.45, 7) is 9.16. The van der Waals surface area contributed by atoms with Gasteiger partial charge in [0.15, 0.2) is 11.5 Å². The van der Waals surface area contributed by atoms with E-state index >= 15 is 0 Å². The number of halogens is 1. The highest BCUT2D eigenvalue weighted by Crippen LogP contribution is 2.33. The molecular weight excluding hydrogens is 483 g/mol. The minimum absolute atomic E-state index is 0.297. The van der Waals surface area contributed by atoms with E-state index in [0.717, 1.165) is 21.3 Å². The zero-order valence-corrected chi connectivity index (χ0v) is 18.8. The molecule has 0 saturated carbocycles. The normalized spacial score (nSPS) is 10.6. The Morgan fingerprint density at radius 1 is 1.17 bits per heavy atom. The summed E-state index contributed by atoms with van der Waals surface area (Å²) in [4.78, 5) is 12.2. The van der Waals surface area contributed by atoms with Crippen LogP contribution in [0.5, 0.6) is 17.2 Å². The average molecular weight is 508 g/mol. The topological polar surface area (TPSA) is 69.2 Å². The third-order valence-corrected chi connectivity index (χ3v) is 4.45. The molecular formula is C22H25IN2O4. The molecule has 0 aliphatic carbocycles. The summed E-state index contributed by atoms with van der Waals surface area (Å²) in [7, 11) is 0. The minimum atomic E-state index is -0.297. The first kappa shape index (κ1) is 22.7. The maximum atomic E-state index is 12.2. The first-order chi connectivity index (χ1) is 14.1. The van der Waals surface area contributed by atoms with Gasteiger partial charge in [-0.25, -0.2) is 5.43 Å². The van der Waals surface area contributed by atoms with Crippen LogP contribution in [0.2, 0.25) is 0 Å². The van der Waals surface area contributed by atoms with Gasteiger partial charge in [-0.1, -0.05) is 19.6 Å². The quantitative estimate of drug-likeness (QED) is 0.205. The van der Waals surface area contributed by atoms with E-state index in [0.29, 0.717) is 36.9 Å². The van der Waals surface area contributed by atoms with Crippen LogP contribution < -0.4 is 19.6 Å². The fourth-order valence-corrected chi connectivity index (χ4v) is 3.14. The smallest absolute Gasteiger partial charge is 0.271 e. The van der Waals surface area contributed by atoms with Crippen molar-refractivity contribution in [2.45, 2.75) is 20.3 Å². The molecule has 0 saturated heterocycles. The minimum Gasteiger partial charge on any atom is -0.494 e. The van der Waals surface area contributed by atoms with Crippen LogP contribution in [0, 0.1) is 3.57 Å². The van der Waals surface area contributed by atoms with Crippen molar-refractivity contribution in [1.82, 2.24) is 5.43 Å². The molecule has 154 valence electrons. The highest BCUT2D eigenvalue weighted by molar-refractivity contribution is 14.1. The maximum Gasteiger partial charge on any atom is 0.271 e. The van der Waals surface area contributed by atoms with E-state index in [4.69, 9.17) is 14.2 Å². The SMILES string of the molecule is C=CCOc1c(I)cc(/C=N/NC(=O)c2ccc(OCCC)cc2)cc1OCC. The van der Waals surface area contributed by atoms with Crippen LogP contribution >= 0.6 is 22.6 Å². The van der Waals surface area contributed by atoms with Crippen LogP contribution in [-0.4, -0.2) is 31.9 Å². The Morgan fingerprint density at radius 3 is 2.59 bits per heavy atom. The van der Waals surface area contributed by atoms with Crippen LogP contribution in [0.25, 0.3) is 0 Å². The third kappa shape index (κ3) is 7.08. The highest BCUT2D eigenvalue weighted by atomic mass is 127. The van der Waals surface area contributed by atoms with Crippen molar-refractivity contribution >= 4 is 34.7 Å². The molecule has 0 unspecified atom stereocenters. The summed E-state index contributed by atoms with van der Waals surface area (Å²) >= 11 is 2.18. The molecule has 2 aromatic rings. The van der Waals surface area contributed by atoms with E-state index in [1.165, 1.54) is 0 Å². The third-order valence-electron chi connectivity index (χ3n) is 3.65. The van der Waals surface area contributed by atoms with Gasteiger partial charge in [-0.2, -0.15) is 5.10 Å². The Labute approximate surface area is 185 Å². The van der Waals surface area contributed by atoms with Gasteiger partial charge < -0.3 is 14.2 Å². The lowest BCUT2D eigenvalue weighted by molar-refractivity contribution is 0.0955. The Bertz CT molecular complexity index is 851.